The van der Waals surface area contributed by atoms with Crippen LogP contribution in [0.1, 0.15) is 13.8 Å². The van der Waals surface area contributed by atoms with E-state index in [-0.39, 0.29) is 6.54 Å². The van der Waals surface area contributed by atoms with E-state index in [4.69, 9.17) is 5.26 Å². The lowest BCUT2D eigenvalue weighted by molar-refractivity contribution is -0.146. The fourth-order valence-electron chi connectivity index (χ4n) is 1.99. The highest BCUT2D eigenvalue weighted by molar-refractivity contribution is 6.35. The van der Waals surface area contributed by atoms with Crippen molar-refractivity contribution in [2.45, 2.75) is 13.8 Å². The summed E-state index contributed by atoms with van der Waals surface area (Å²) < 4.78 is 0. The molecule has 0 aromatic carbocycles. The third kappa shape index (κ3) is 4.34. The maximum atomic E-state index is 11.7. The molecule has 1 rings (SSSR count). The highest BCUT2D eigenvalue weighted by Gasteiger charge is 2.25. The molecule has 0 aromatic heterocycles. The zero-order valence-corrected chi connectivity index (χ0v) is 11.0. The largest absolute Gasteiger partial charge is 0.335 e. The molecule has 18 heavy (non-hydrogen) atoms. The van der Waals surface area contributed by atoms with Crippen molar-refractivity contribution in [2.24, 2.45) is 5.92 Å². The van der Waals surface area contributed by atoms with Gasteiger partial charge in [0.1, 0.15) is 6.54 Å². The normalized spacial score (nSPS) is 16.4. The van der Waals surface area contributed by atoms with Gasteiger partial charge in [-0.25, -0.2) is 0 Å². The van der Waals surface area contributed by atoms with E-state index in [9.17, 15) is 9.59 Å². The number of nitriles is 1. The molecule has 0 aliphatic carbocycles. The van der Waals surface area contributed by atoms with E-state index >= 15 is 0 Å². The minimum atomic E-state index is -0.686. The van der Waals surface area contributed by atoms with E-state index in [1.807, 2.05) is 0 Å². The molecular weight excluding hydrogens is 232 g/mol. The number of nitrogens with one attached hydrogen (secondary N) is 1. The third-order valence-corrected chi connectivity index (χ3v) is 2.81. The van der Waals surface area contributed by atoms with Crippen LogP contribution in [0.4, 0.5) is 0 Å². The first kappa shape index (κ1) is 14.5. The van der Waals surface area contributed by atoms with Crippen molar-refractivity contribution in [3.05, 3.63) is 0 Å². The monoisotopic (exact) mass is 252 g/mol. The lowest BCUT2D eigenvalue weighted by atomic mass is 10.2. The zero-order valence-electron chi connectivity index (χ0n) is 11.0. The van der Waals surface area contributed by atoms with Gasteiger partial charge in [-0.15, -0.1) is 0 Å². The van der Waals surface area contributed by atoms with Gasteiger partial charge in [0.15, 0.2) is 0 Å². The minimum absolute atomic E-state index is 0.127. The second kappa shape index (κ2) is 6.97. The number of hydrogen-bond acceptors (Lipinski definition) is 4. The van der Waals surface area contributed by atoms with Crippen molar-refractivity contribution < 1.29 is 9.59 Å². The molecule has 2 amide bonds. The van der Waals surface area contributed by atoms with Gasteiger partial charge in [-0.1, -0.05) is 13.8 Å². The van der Waals surface area contributed by atoms with Crippen LogP contribution in [-0.2, 0) is 9.59 Å². The van der Waals surface area contributed by atoms with Gasteiger partial charge in [0, 0.05) is 32.7 Å². The highest BCUT2D eigenvalue weighted by Crippen LogP contribution is 2.05. The molecular formula is C12H20N4O2. The molecule has 0 aromatic rings. The molecule has 0 spiro atoms. The number of nitrogens with zero attached hydrogens (tertiary/aromatic N) is 3. The van der Waals surface area contributed by atoms with Crippen LogP contribution in [0.15, 0.2) is 0 Å². The van der Waals surface area contributed by atoms with Crippen LogP contribution in [0.5, 0.6) is 0 Å². The Morgan fingerprint density at radius 3 is 2.39 bits per heavy atom. The summed E-state index contributed by atoms with van der Waals surface area (Å²) in [6.07, 6.45) is 0. The van der Waals surface area contributed by atoms with E-state index in [0.717, 1.165) is 19.6 Å². The van der Waals surface area contributed by atoms with Gasteiger partial charge in [0.2, 0.25) is 0 Å². The molecule has 0 radical (unpaired) electrons. The summed E-state index contributed by atoms with van der Waals surface area (Å²) in [5.41, 5.74) is 0. The Hall–Kier alpha value is -1.61. The lowest BCUT2D eigenvalue weighted by Crippen LogP contribution is -2.53. The Morgan fingerprint density at radius 2 is 1.89 bits per heavy atom. The molecule has 6 heteroatoms. The second-order valence-corrected chi connectivity index (χ2v) is 4.83. The van der Waals surface area contributed by atoms with Crippen LogP contribution in [-0.4, -0.2) is 60.9 Å². The van der Waals surface area contributed by atoms with Gasteiger partial charge in [-0.05, 0) is 5.92 Å². The van der Waals surface area contributed by atoms with Crippen molar-refractivity contribution in [3.8, 4) is 6.07 Å². The van der Waals surface area contributed by atoms with Crippen LogP contribution in [0.25, 0.3) is 0 Å². The number of carbonyl (C=O) groups is 2. The van der Waals surface area contributed by atoms with Crippen molar-refractivity contribution in [1.82, 2.24) is 15.1 Å². The van der Waals surface area contributed by atoms with Crippen molar-refractivity contribution >= 4 is 11.8 Å². The van der Waals surface area contributed by atoms with E-state index in [1.54, 1.807) is 11.0 Å². The van der Waals surface area contributed by atoms with Gasteiger partial charge < -0.3 is 10.2 Å². The standard InChI is InChI=1S/C12H20N4O2/c1-10(2)9-15-5-7-16(8-6-15)12(18)11(17)14-4-3-13/h10H,4-9H2,1-2H3,(H,14,17). The molecule has 1 aliphatic heterocycles. The van der Waals surface area contributed by atoms with Gasteiger partial charge >= 0.3 is 11.8 Å². The van der Waals surface area contributed by atoms with Crippen molar-refractivity contribution in [2.75, 3.05) is 39.3 Å². The highest BCUT2D eigenvalue weighted by atomic mass is 16.2. The van der Waals surface area contributed by atoms with Crippen LogP contribution < -0.4 is 5.32 Å². The molecule has 0 atom stereocenters. The van der Waals surface area contributed by atoms with Gasteiger partial charge in [-0.3, -0.25) is 14.5 Å². The molecule has 0 bridgehead atoms. The van der Waals surface area contributed by atoms with E-state index in [0.29, 0.717) is 19.0 Å². The lowest BCUT2D eigenvalue weighted by Gasteiger charge is -2.35. The molecule has 1 N–H and O–H groups in total. The number of piperazine rings is 1. The molecule has 1 aliphatic rings. The fraction of sp³-hybridized carbons (Fsp3) is 0.750. The van der Waals surface area contributed by atoms with Crippen molar-refractivity contribution in [1.29, 1.82) is 5.26 Å². The average Bonchev–Trinajstić information content (AvgIpc) is 2.35. The Kier molecular flexibility index (Phi) is 5.59. The molecule has 0 saturated carbocycles. The Balaban J connectivity index is 2.36. The van der Waals surface area contributed by atoms with E-state index in [2.05, 4.69) is 24.1 Å². The fourth-order valence-corrected chi connectivity index (χ4v) is 1.99. The molecule has 100 valence electrons. The maximum Gasteiger partial charge on any atom is 0.311 e. The minimum Gasteiger partial charge on any atom is -0.335 e. The molecule has 1 fully saturated rings. The van der Waals surface area contributed by atoms with Crippen LogP contribution >= 0.6 is 0 Å². The maximum absolute atomic E-state index is 11.7. The predicted molar refractivity (Wildman–Crippen MR) is 66.5 cm³/mol. The topological polar surface area (TPSA) is 76.4 Å². The number of hydrogen-bond donors (Lipinski definition) is 1. The molecule has 1 saturated heterocycles. The average molecular weight is 252 g/mol. The SMILES string of the molecule is CC(C)CN1CCN(C(=O)C(=O)NCC#N)CC1. The summed E-state index contributed by atoms with van der Waals surface area (Å²) >= 11 is 0. The number of rotatable bonds is 3. The van der Waals surface area contributed by atoms with Gasteiger partial charge in [0.05, 0.1) is 6.07 Å². The summed E-state index contributed by atoms with van der Waals surface area (Å²) in [6, 6.07) is 1.77. The molecule has 1 heterocycles. The number of amides is 2. The second-order valence-electron chi connectivity index (χ2n) is 4.83. The van der Waals surface area contributed by atoms with Gasteiger partial charge in [-0.2, -0.15) is 5.26 Å². The quantitative estimate of drug-likeness (QED) is 0.539. The van der Waals surface area contributed by atoms with E-state index < -0.39 is 11.8 Å². The van der Waals surface area contributed by atoms with Crippen molar-refractivity contribution in [3.63, 3.8) is 0 Å². The molecule has 6 nitrogen and oxygen atoms in total. The van der Waals surface area contributed by atoms with Gasteiger partial charge in [0.25, 0.3) is 0 Å². The Morgan fingerprint density at radius 1 is 1.28 bits per heavy atom. The third-order valence-electron chi connectivity index (χ3n) is 2.81. The summed E-state index contributed by atoms with van der Waals surface area (Å²) in [5.74, 6) is -0.616. The summed E-state index contributed by atoms with van der Waals surface area (Å²) in [6.45, 7) is 7.96. The predicted octanol–water partition coefficient (Wildman–Crippen LogP) is -0.574. The summed E-state index contributed by atoms with van der Waals surface area (Å²) in [4.78, 5) is 27.0. The smallest absolute Gasteiger partial charge is 0.311 e. The summed E-state index contributed by atoms with van der Waals surface area (Å²) in [7, 11) is 0. The van der Waals surface area contributed by atoms with Crippen LogP contribution in [0, 0.1) is 17.2 Å². The number of carbonyl (C=O) groups excluding carboxylic acids is 2. The first-order chi connectivity index (χ1) is 8.54. The first-order valence-electron chi connectivity index (χ1n) is 6.21. The summed E-state index contributed by atoms with van der Waals surface area (Å²) in [5, 5.41) is 10.6. The van der Waals surface area contributed by atoms with Crippen LogP contribution in [0.3, 0.4) is 0 Å². The zero-order chi connectivity index (χ0) is 13.5. The molecule has 0 unspecified atom stereocenters. The van der Waals surface area contributed by atoms with Crippen LogP contribution in [0.2, 0.25) is 0 Å². The Bertz CT molecular complexity index is 340. The van der Waals surface area contributed by atoms with E-state index in [1.165, 1.54) is 0 Å². The first-order valence-corrected chi connectivity index (χ1v) is 6.21. The Labute approximate surface area is 108 Å².